The monoisotopic (exact) mass is 294 g/mol. The Balaban J connectivity index is 2.44. The Morgan fingerprint density at radius 1 is 1.16 bits per heavy atom. The van der Waals surface area contributed by atoms with Gasteiger partial charge in [0.2, 0.25) is 0 Å². The molecule has 0 aliphatic rings. The van der Waals surface area contributed by atoms with Crippen LogP contribution >= 0.6 is 11.6 Å². The van der Waals surface area contributed by atoms with Crippen LogP contribution in [0.5, 0.6) is 5.75 Å². The molecule has 1 aromatic rings. The van der Waals surface area contributed by atoms with Crippen LogP contribution in [0.4, 0.5) is 13.2 Å². The largest absolute Gasteiger partial charge is 0.573 e. The van der Waals surface area contributed by atoms with Crippen molar-refractivity contribution >= 4 is 11.6 Å². The minimum atomic E-state index is -4.64. The Labute approximate surface area is 116 Å². The number of benzene rings is 1. The van der Waals surface area contributed by atoms with Gasteiger partial charge in [-0.1, -0.05) is 26.0 Å². The number of halogens is 4. The van der Waals surface area contributed by atoms with Gasteiger partial charge in [0.25, 0.3) is 0 Å². The van der Waals surface area contributed by atoms with E-state index in [4.69, 9.17) is 11.6 Å². The van der Waals surface area contributed by atoms with E-state index < -0.39 is 6.36 Å². The summed E-state index contributed by atoms with van der Waals surface area (Å²) in [6.45, 7) is 4.22. The molecule has 1 aromatic carbocycles. The Morgan fingerprint density at radius 3 is 2.21 bits per heavy atom. The standard InChI is InChI=1S/C14H18ClF3O/c1-10(2)9-12(15)6-3-11-4-7-13(8-5-11)19-14(16,17)18/h4-5,7-8,10,12H,3,6,9H2,1-2H3. The van der Waals surface area contributed by atoms with Gasteiger partial charge in [-0.25, -0.2) is 0 Å². The van der Waals surface area contributed by atoms with Gasteiger partial charge in [0, 0.05) is 5.38 Å². The van der Waals surface area contributed by atoms with Gasteiger partial charge in [0.15, 0.2) is 0 Å². The number of ether oxygens (including phenoxy) is 1. The van der Waals surface area contributed by atoms with Crippen molar-refractivity contribution < 1.29 is 17.9 Å². The predicted molar refractivity (Wildman–Crippen MR) is 70.5 cm³/mol. The lowest BCUT2D eigenvalue weighted by atomic mass is 10.0. The fraction of sp³-hybridized carbons (Fsp3) is 0.571. The van der Waals surface area contributed by atoms with Gasteiger partial charge in [-0.15, -0.1) is 24.8 Å². The molecule has 1 unspecified atom stereocenters. The van der Waals surface area contributed by atoms with Crippen molar-refractivity contribution in [2.24, 2.45) is 5.92 Å². The van der Waals surface area contributed by atoms with Crippen LogP contribution in [0.1, 0.15) is 32.3 Å². The molecule has 0 saturated heterocycles. The average Bonchev–Trinajstić information content (AvgIpc) is 2.25. The van der Waals surface area contributed by atoms with E-state index in [1.54, 1.807) is 12.1 Å². The molecule has 1 atom stereocenters. The van der Waals surface area contributed by atoms with E-state index in [9.17, 15) is 13.2 Å². The van der Waals surface area contributed by atoms with Crippen molar-refractivity contribution in [1.29, 1.82) is 0 Å². The summed E-state index contributed by atoms with van der Waals surface area (Å²) in [6, 6.07) is 5.93. The van der Waals surface area contributed by atoms with E-state index in [0.29, 0.717) is 5.92 Å². The molecule has 1 rings (SSSR count). The summed E-state index contributed by atoms with van der Waals surface area (Å²) in [5, 5.41) is 0.103. The van der Waals surface area contributed by atoms with Crippen molar-refractivity contribution in [2.75, 3.05) is 0 Å². The summed E-state index contributed by atoms with van der Waals surface area (Å²) in [5.74, 6) is 0.353. The molecule has 19 heavy (non-hydrogen) atoms. The zero-order chi connectivity index (χ0) is 14.5. The summed E-state index contributed by atoms with van der Waals surface area (Å²) in [7, 11) is 0. The zero-order valence-corrected chi connectivity index (χ0v) is 11.8. The second-order valence-corrected chi connectivity index (χ2v) is 5.57. The SMILES string of the molecule is CC(C)CC(Cl)CCc1ccc(OC(F)(F)F)cc1. The average molecular weight is 295 g/mol. The van der Waals surface area contributed by atoms with Crippen LogP contribution in [-0.2, 0) is 6.42 Å². The highest BCUT2D eigenvalue weighted by Gasteiger charge is 2.30. The van der Waals surface area contributed by atoms with Crippen LogP contribution in [0.15, 0.2) is 24.3 Å². The normalized spacial score (nSPS) is 13.6. The molecule has 1 nitrogen and oxygen atoms in total. The highest BCUT2D eigenvalue weighted by atomic mass is 35.5. The molecule has 0 saturated carbocycles. The number of hydrogen-bond donors (Lipinski definition) is 0. The topological polar surface area (TPSA) is 9.23 Å². The van der Waals surface area contributed by atoms with Crippen LogP contribution in [-0.4, -0.2) is 11.7 Å². The molecule has 0 bridgehead atoms. The maximum Gasteiger partial charge on any atom is 0.573 e. The molecule has 5 heteroatoms. The smallest absolute Gasteiger partial charge is 0.406 e. The molecule has 0 aromatic heterocycles. The second kappa shape index (κ2) is 7.04. The van der Waals surface area contributed by atoms with Crippen LogP contribution in [0.25, 0.3) is 0 Å². The Kier molecular flexibility index (Phi) is 5.98. The first-order valence-electron chi connectivity index (χ1n) is 6.25. The van der Waals surface area contributed by atoms with Crippen molar-refractivity contribution in [3.05, 3.63) is 29.8 Å². The van der Waals surface area contributed by atoms with E-state index in [1.807, 2.05) is 0 Å². The maximum atomic E-state index is 12.0. The van der Waals surface area contributed by atoms with Crippen LogP contribution in [0.2, 0.25) is 0 Å². The van der Waals surface area contributed by atoms with Gasteiger partial charge < -0.3 is 4.74 Å². The minimum absolute atomic E-state index is 0.103. The number of alkyl halides is 4. The molecular formula is C14H18ClF3O. The number of hydrogen-bond acceptors (Lipinski definition) is 1. The zero-order valence-electron chi connectivity index (χ0n) is 11.0. The van der Waals surface area contributed by atoms with Gasteiger partial charge in [-0.05, 0) is 42.9 Å². The fourth-order valence-electron chi connectivity index (χ4n) is 1.81. The maximum absolute atomic E-state index is 12.0. The van der Waals surface area contributed by atoms with E-state index >= 15 is 0 Å². The van der Waals surface area contributed by atoms with Crippen molar-refractivity contribution in [2.45, 2.75) is 44.8 Å². The predicted octanol–water partition coefficient (Wildman–Crippen LogP) is 5.17. The molecule has 0 spiro atoms. The molecule has 0 amide bonds. The highest BCUT2D eigenvalue weighted by molar-refractivity contribution is 6.20. The van der Waals surface area contributed by atoms with Crippen LogP contribution in [0.3, 0.4) is 0 Å². The first kappa shape index (κ1) is 16.2. The van der Waals surface area contributed by atoms with Gasteiger partial charge >= 0.3 is 6.36 Å². The number of aryl methyl sites for hydroxylation is 1. The summed E-state index contributed by atoms with van der Waals surface area (Å²) < 4.78 is 39.7. The van der Waals surface area contributed by atoms with E-state index in [-0.39, 0.29) is 11.1 Å². The molecular weight excluding hydrogens is 277 g/mol. The molecule has 0 heterocycles. The fourth-order valence-corrected chi connectivity index (χ4v) is 2.28. The Morgan fingerprint density at radius 2 is 1.74 bits per heavy atom. The highest BCUT2D eigenvalue weighted by Crippen LogP contribution is 2.23. The molecule has 0 fully saturated rings. The molecule has 0 aliphatic carbocycles. The first-order valence-corrected chi connectivity index (χ1v) is 6.68. The summed E-state index contributed by atoms with van der Waals surface area (Å²) in [5.41, 5.74) is 0.962. The lowest BCUT2D eigenvalue weighted by Gasteiger charge is -2.12. The third kappa shape index (κ3) is 7.31. The van der Waals surface area contributed by atoms with Gasteiger partial charge in [-0.2, -0.15) is 0 Å². The van der Waals surface area contributed by atoms with Gasteiger partial charge in [-0.3, -0.25) is 0 Å². The molecule has 108 valence electrons. The lowest BCUT2D eigenvalue weighted by Crippen LogP contribution is -2.17. The Bertz CT molecular complexity index is 373. The molecule has 0 N–H and O–H groups in total. The van der Waals surface area contributed by atoms with Crippen molar-refractivity contribution in [3.8, 4) is 5.75 Å². The lowest BCUT2D eigenvalue weighted by molar-refractivity contribution is -0.274. The molecule has 0 radical (unpaired) electrons. The van der Waals surface area contributed by atoms with Crippen LogP contribution in [0, 0.1) is 5.92 Å². The Hall–Kier alpha value is -0.900. The van der Waals surface area contributed by atoms with E-state index in [1.165, 1.54) is 12.1 Å². The van der Waals surface area contributed by atoms with Gasteiger partial charge in [0.1, 0.15) is 5.75 Å². The second-order valence-electron chi connectivity index (χ2n) is 4.96. The third-order valence-corrected chi connectivity index (χ3v) is 3.03. The van der Waals surface area contributed by atoms with Crippen molar-refractivity contribution in [3.63, 3.8) is 0 Å². The van der Waals surface area contributed by atoms with Crippen LogP contribution < -0.4 is 4.74 Å². The van der Waals surface area contributed by atoms with Gasteiger partial charge in [0.05, 0.1) is 0 Å². The first-order chi connectivity index (χ1) is 8.76. The minimum Gasteiger partial charge on any atom is -0.406 e. The summed E-state index contributed by atoms with van der Waals surface area (Å²) in [4.78, 5) is 0. The molecule has 0 aliphatic heterocycles. The van der Waals surface area contributed by atoms with E-state index in [2.05, 4.69) is 18.6 Å². The quantitative estimate of drug-likeness (QED) is 0.658. The summed E-state index contributed by atoms with van der Waals surface area (Å²) in [6.07, 6.45) is -2.12. The summed E-state index contributed by atoms with van der Waals surface area (Å²) >= 11 is 6.17. The van der Waals surface area contributed by atoms with Crippen molar-refractivity contribution in [1.82, 2.24) is 0 Å². The third-order valence-electron chi connectivity index (χ3n) is 2.63. The van der Waals surface area contributed by atoms with E-state index in [0.717, 1.165) is 24.8 Å². The number of rotatable bonds is 6.